The highest BCUT2D eigenvalue weighted by Crippen LogP contribution is 2.42. The number of ether oxygens (including phenoxy) is 1. The van der Waals surface area contributed by atoms with Crippen molar-refractivity contribution in [2.45, 2.75) is 31.5 Å². The van der Waals surface area contributed by atoms with Gasteiger partial charge in [-0.2, -0.15) is 23.5 Å². The van der Waals surface area contributed by atoms with Crippen molar-refractivity contribution in [3.8, 4) is 6.07 Å². The summed E-state index contributed by atoms with van der Waals surface area (Å²) in [6.45, 7) is 0.684. The number of hydrogen-bond donors (Lipinski definition) is 2. The lowest BCUT2D eigenvalue weighted by Crippen LogP contribution is -2.49. The summed E-state index contributed by atoms with van der Waals surface area (Å²) in [4.78, 5) is 29.0. The van der Waals surface area contributed by atoms with E-state index in [-0.39, 0.29) is 29.9 Å². The Morgan fingerprint density at radius 2 is 1.95 bits per heavy atom. The second-order valence-corrected chi connectivity index (χ2v) is 10.2. The minimum absolute atomic E-state index is 0.0291. The molecule has 4 aromatic rings. The van der Waals surface area contributed by atoms with Crippen LogP contribution >= 0.6 is 15.9 Å². The minimum atomic E-state index is -5.01. The number of nitriles is 1. The van der Waals surface area contributed by atoms with E-state index in [0.717, 1.165) is 12.1 Å². The first kappa shape index (κ1) is 30.4. The van der Waals surface area contributed by atoms with Crippen LogP contribution in [0.3, 0.4) is 0 Å². The van der Waals surface area contributed by atoms with Crippen LogP contribution in [-0.4, -0.2) is 46.6 Å². The Bertz CT molecular complexity index is 1710. The zero-order valence-corrected chi connectivity index (χ0v) is 23.5. The standard InChI is InChI=1S/C28H23BrF4N6O3/c1-2-39(24-8-4-16(12-34)13-36-24)23(14-42-27(35)41)25(28(31,32)33)20-9-15(3-7-21(20)30)10-22-19-11-17(29)5-6-18(19)26(40)38-37-22/h3-9,11,13,23,25H,2,10,14H2,1H3,(H2,35,41)(H,38,40). The van der Waals surface area contributed by atoms with Crippen LogP contribution in [-0.2, 0) is 11.2 Å². The molecule has 2 atom stereocenters. The largest absolute Gasteiger partial charge is 0.447 e. The lowest BCUT2D eigenvalue weighted by Gasteiger charge is -2.38. The number of rotatable bonds is 9. The highest BCUT2D eigenvalue weighted by Gasteiger charge is 2.49. The molecule has 218 valence electrons. The molecule has 0 saturated heterocycles. The fourth-order valence-corrected chi connectivity index (χ4v) is 5.15. The zero-order valence-electron chi connectivity index (χ0n) is 22.0. The highest BCUT2D eigenvalue weighted by atomic mass is 79.9. The van der Waals surface area contributed by atoms with Gasteiger partial charge in [0, 0.05) is 34.6 Å². The molecule has 42 heavy (non-hydrogen) atoms. The van der Waals surface area contributed by atoms with Crippen LogP contribution in [0.2, 0.25) is 0 Å². The number of nitrogens with two attached hydrogens (primary N) is 1. The Hall–Kier alpha value is -4.51. The molecular weight excluding hydrogens is 624 g/mol. The lowest BCUT2D eigenvalue weighted by molar-refractivity contribution is -0.158. The van der Waals surface area contributed by atoms with Gasteiger partial charge in [0.05, 0.1) is 22.7 Å². The summed E-state index contributed by atoms with van der Waals surface area (Å²) >= 11 is 3.34. The maximum Gasteiger partial charge on any atom is 0.404 e. The Kier molecular flexibility index (Phi) is 9.11. The first-order valence-electron chi connectivity index (χ1n) is 12.5. The summed E-state index contributed by atoms with van der Waals surface area (Å²) in [7, 11) is 0. The Labute approximate surface area is 245 Å². The first-order chi connectivity index (χ1) is 19.9. The van der Waals surface area contributed by atoms with Gasteiger partial charge in [-0.1, -0.05) is 28.1 Å². The molecule has 2 unspecified atom stereocenters. The van der Waals surface area contributed by atoms with Crippen molar-refractivity contribution in [2.75, 3.05) is 18.1 Å². The van der Waals surface area contributed by atoms with Crippen molar-refractivity contribution in [1.29, 1.82) is 5.26 Å². The number of carbonyl (C=O) groups excluding carboxylic acids is 1. The van der Waals surface area contributed by atoms with E-state index in [0.29, 0.717) is 20.9 Å². The maximum atomic E-state index is 15.3. The van der Waals surface area contributed by atoms with Gasteiger partial charge >= 0.3 is 12.3 Å². The molecule has 14 heteroatoms. The number of halogens is 5. The summed E-state index contributed by atoms with van der Waals surface area (Å²) in [6, 6.07) is 11.2. The number of fused-ring (bicyclic) bond motifs is 1. The number of hydrogen-bond acceptors (Lipinski definition) is 7. The average molecular weight is 647 g/mol. The van der Waals surface area contributed by atoms with E-state index in [9.17, 15) is 22.8 Å². The van der Waals surface area contributed by atoms with E-state index in [4.69, 9.17) is 15.7 Å². The van der Waals surface area contributed by atoms with E-state index < -0.39 is 47.8 Å². The normalized spacial score (nSPS) is 12.9. The quantitative estimate of drug-likeness (QED) is 0.235. The van der Waals surface area contributed by atoms with Crippen LogP contribution in [0.4, 0.5) is 28.2 Å². The molecule has 2 aromatic heterocycles. The van der Waals surface area contributed by atoms with Crippen molar-refractivity contribution >= 4 is 38.6 Å². The van der Waals surface area contributed by atoms with Gasteiger partial charge < -0.3 is 15.4 Å². The lowest BCUT2D eigenvalue weighted by atomic mass is 9.87. The number of benzene rings is 2. The molecule has 4 rings (SSSR count). The Morgan fingerprint density at radius 1 is 1.19 bits per heavy atom. The van der Waals surface area contributed by atoms with Crippen LogP contribution in [0.5, 0.6) is 0 Å². The number of likely N-dealkylation sites (N-methyl/N-ethyl adjacent to an activating group) is 1. The van der Waals surface area contributed by atoms with Crippen LogP contribution in [0.15, 0.2) is 64.0 Å². The summed E-state index contributed by atoms with van der Waals surface area (Å²) in [5, 5.41) is 16.3. The number of carbonyl (C=O) groups is 1. The molecule has 1 amide bonds. The number of aromatic amines is 1. The van der Waals surface area contributed by atoms with Gasteiger partial charge in [0.1, 0.15) is 30.2 Å². The number of alkyl halides is 3. The molecule has 0 spiro atoms. The first-order valence-corrected chi connectivity index (χ1v) is 13.3. The van der Waals surface area contributed by atoms with Crippen molar-refractivity contribution in [3.05, 3.63) is 97.8 Å². The third-order valence-corrected chi connectivity index (χ3v) is 7.14. The fraction of sp³-hybridized carbons (Fsp3) is 0.250. The van der Waals surface area contributed by atoms with E-state index in [2.05, 4.69) is 31.1 Å². The summed E-state index contributed by atoms with van der Waals surface area (Å²) in [6.07, 6.45) is -5.16. The smallest absolute Gasteiger partial charge is 0.404 e. The fourth-order valence-electron chi connectivity index (χ4n) is 4.79. The van der Waals surface area contributed by atoms with Gasteiger partial charge in [0.25, 0.3) is 5.56 Å². The number of aromatic nitrogens is 3. The van der Waals surface area contributed by atoms with E-state index in [1.165, 1.54) is 29.3 Å². The molecule has 0 saturated carbocycles. The topological polar surface area (TPSA) is 138 Å². The Balaban J connectivity index is 1.82. The highest BCUT2D eigenvalue weighted by molar-refractivity contribution is 9.10. The molecular formula is C28H23BrF4N6O3. The summed E-state index contributed by atoms with van der Waals surface area (Å²) in [5.41, 5.74) is 4.79. The number of nitrogens with zero attached hydrogens (tertiary/aromatic N) is 4. The number of amides is 1. The van der Waals surface area contributed by atoms with E-state index in [1.54, 1.807) is 25.1 Å². The van der Waals surface area contributed by atoms with Gasteiger partial charge in [-0.05, 0) is 48.9 Å². The number of primary amides is 1. The molecule has 3 N–H and O–H groups in total. The van der Waals surface area contributed by atoms with Crippen molar-refractivity contribution in [3.63, 3.8) is 0 Å². The molecule has 0 fully saturated rings. The number of anilines is 1. The number of pyridine rings is 1. The number of H-pyrrole nitrogens is 1. The molecule has 0 bridgehead atoms. The molecule has 0 radical (unpaired) electrons. The van der Waals surface area contributed by atoms with Crippen LogP contribution in [0, 0.1) is 17.1 Å². The zero-order chi connectivity index (χ0) is 30.6. The average Bonchev–Trinajstić information content (AvgIpc) is 2.94. The third kappa shape index (κ3) is 6.68. The molecule has 2 aromatic carbocycles. The van der Waals surface area contributed by atoms with Gasteiger partial charge in [0.15, 0.2) is 0 Å². The van der Waals surface area contributed by atoms with Crippen LogP contribution in [0.25, 0.3) is 10.8 Å². The predicted molar refractivity (Wildman–Crippen MR) is 149 cm³/mol. The molecule has 0 aliphatic carbocycles. The molecule has 0 aliphatic heterocycles. The van der Waals surface area contributed by atoms with Crippen molar-refractivity contribution in [2.24, 2.45) is 5.73 Å². The second-order valence-electron chi connectivity index (χ2n) is 9.24. The predicted octanol–water partition coefficient (Wildman–Crippen LogP) is 5.32. The molecule has 0 aliphatic rings. The summed E-state index contributed by atoms with van der Waals surface area (Å²) in [5.74, 6) is -3.57. The van der Waals surface area contributed by atoms with Gasteiger partial charge in [-0.25, -0.2) is 19.3 Å². The monoisotopic (exact) mass is 646 g/mol. The third-order valence-electron chi connectivity index (χ3n) is 6.64. The molecule has 9 nitrogen and oxygen atoms in total. The maximum absolute atomic E-state index is 15.3. The van der Waals surface area contributed by atoms with Crippen molar-refractivity contribution in [1.82, 2.24) is 15.2 Å². The number of nitrogens with one attached hydrogen (secondary N) is 1. The van der Waals surface area contributed by atoms with Gasteiger partial charge in [0.2, 0.25) is 0 Å². The second kappa shape index (κ2) is 12.6. The summed E-state index contributed by atoms with van der Waals surface area (Å²) < 4.78 is 65.4. The van der Waals surface area contributed by atoms with Crippen LogP contribution in [0.1, 0.15) is 35.2 Å². The molecule has 2 heterocycles. The van der Waals surface area contributed by atoms with Gasteiger partial charge in [-0.15, -0.1) is 0 Å². The SMILES string of the molecule is CCN(c1ccc(C#N)cn1)C(COC(N)=O)C(c1cc(Cc2n[nH]c(=O)c3ccc(Br)cc23)ccc1F)C(F)(F)F. The van der Waals surface area contributed by atoms with Gasteiger partial charge in [-0.3, -0.25) is 4.79 Å². The van der Waals surface area contributed by atoms with E-state index in [1.807, 2.05) is 6.07 Å². The van der Waals surface area contributed by atoms with Crippen LogP contribution < -0.4 is 16.2 Å². The minimum Gasteiger partial charge on any atom is -0.447 e. The van der Waals surface area contributed by atoms with E-state index >= 15 is 4.39 Å². The van der Waals surface area contributed by atoms with Crippen molar-refractivity contribution < 1.29 is 27.1 Å². The Morgan fingerprint density at radius 3 is 2.57 bits per heavy atom.